The lowest BCUT2D eigenvalue weighted by molar-refractivity contribution is 0.0860. The highest BCUT2D eigenvalue weighted by molar-refractivity contribution is 7.13. The van der Waals surface area contributed by atoms with E-state index < -0.39 is 6.09 Å². The molecule has 0 bridgehead atoms. The fourth-order valence-corrected chi connectivity index (χ4v) is 6.27. The predicted octanol–water partition coefficient (Wildman–Crippen LogP) is 3.80. The van der Waals surface area contributed by atoms with Crippen molar-refractivity contribution < 1.29 is 19.5 Å². The molecule has 2 aromatic heterocycles. The molecule has 1 saturated carbocycles. The molecule has 38 heavy (non-hydrogen) atoms. The van der Waals surface area contributed by atoms with E-state index in [0.29, 0.717) is 35.4 Å². The number of aromatic amines is 1. The summed E-state index contributed by atoms with van der Waals surface area (Å²) in [5.41, 5.74) is 2.24. The molecule has 0 unspecified atom stereocenters. The molecule has 5 N–H and O–H groups in total. The maximum Gasteiger partial charge on any atom is 0.404 e. The Morgan fingerprint density at radius 1 is 1.13 bits per heavy atom. The first-order valence-corrected chi connectivity index (χ1v) is 13.6. The summed E-state index contributed by atoms with van der Waals surface area (Å²) in [6.45, 7) is 2.39. The number of hydrogen-bond acceptors (Lipinski definition) is 6. The third-order valence-corrected chi connectivity index (χ3v) is 8.25. The summed E-state index contributed by atoms with van der Waals surface area (Å²) < 4.78 is 0. The molecule has 1 aliphatic carbocycles. The zero-order valence-electron chi connectivity index (χ0n) is 20.6. The second-order valence-electron chi connectivity index (χ2n) is 9.51. The van der Waals surface area contributed by atoms with Crippen LogP contribution in [0.1, 0.15) is 56.5 Å². The van der Waals surface area contributed by atoms with Crippen molar-refractivity contribution in [2.24, 2.45) is 0 Å². The molecule has 10 nitrogen and oxygen atoms in total. The standard InChI is InChI=1S/C25H29ClN6O4S.ClH/c26-15-5-6-16-14(11-15)12-20(28-16)22(33)29-17-3-1-2-4-18(17)30-23(34)24-31-19-7-9-32(13-21(19)37-24)10-8-27-25(35)36;/h5-6,11-12,17-18,27-28H,1-4,7-10,13H2,(H,29,33)(H,30,34)(H,35,36);1H/t17-,18+;/m0./s1. The number of thiazole rings is 1. The molecular weight excluding hydrogens is 551 g/mol. The number of halogens is 2. The van der Waals surface area contributed by atoms with Gasteiger partial charge in [0.2, 0.25) is 0 Å². The van der Waals surface area contributed by atoms with Crippen LogP contribution in [0.25, 0.3) is 10.9 Å². The zero-order chi connectivity index (χ0) is 25.9. The molecule has 3 amide bonds. The Balaban J connectivity index is 0.00000336. The fourth-order valence-electron chi connectivity index (χ4n) is 5.04. The quantitative estimate of drug-likeness (QED) is 0.288. The van der Waals surface area contributed by atoms with Crippen LogP contribution in [0.3, 0.4) is 0 Å². The lowest BCUT2D eigenvalue weighted by atomic mass is 9.90. The number of fused-ring (bicyclic) bond motifs is 2. The number of carbonyl (C=O) groups excluding carboxylic acids is 2. The van der Waals surface area contributed by atoms with Crippen LogP contribution in [0, 0.1) is 0 Å². The van der Waals surface area contributed by atoms with Gasteiger partial charge >= 0.3 is 6.09 Å². The molecule has 5 rings (SSSR count). The second-order valence-corrected chi connectivity index (χ2v) is 11.0. The number of carboxylic acid groups (broad SMARTS) is 1. The Kier molecular flexibility index (Phi) is 9.14. The summed E-state index contributed by atoms with van der Waals surface area (Å²) in [6, 6.07) is 6.87. The number of aromatic nitrogens is 2. The minimum Gasteiger partial charge on any atom is -0.465 e. The SMILES string of the molecule is Cl.O=C(O)NCCN1CCc2nc(C(=O)N[C@@H]3CCCC[C@@H]3NC(=O)c3cc4cc(Cl)ccc4[nH]3)sc2C1. The van der Waals surface area contributed by atoms with Crippen LogP contribution in [0.4, 0.5) is 4.79 Å². The van der Waals surface area contributed by atoms with Crippen LogP contribution < -0.4 is 16.0 Å². The van der Waals surface area contributed by atoms with Crippen molar-refractivity contribution in [2.45, 2.75) is 50.7 Å². The van der Waals surface area contributed by atoms with E-state index in [9.17, 15) is 14.4 Å². The zero-order valence-corrected chi connectivity index (χ0v) is 23.0. The van der Waals surface area contributed by atoms with E-state index in [4.69, 9.17) is 16.7 Å². The number of carbonyl (C=O) groups is 3. The number of benzene rings is 1. The predicted molar refractivity (Wildman–Crippen MR) is 149 cm³/mol. The molecule has 0 saturated heterocycles. The van der Waals surface area contributed by atoms with Gasteiger partial charge in [-0.15, -0.1) is 23.7 Å². The highest BCUT2D eigenvalue weighted by atomic mass is 35.5. The topological polar surface area (TPSA) is 139 Å². The number of nitrogens with one attached hydrogen (secondary N) is 4. The Bertz CT molecular complexity index is 1330. The molecule has 0 radical (unpaired) electrons. The third-order valence-electron chi connectivity index (χ3n) is 6.94. The number of amides is 3. The van der Waals surface area contributed by atoms with Crippen LogP contribution in [-0.4, -0.2) is 69.6 Å². The van der Waals surface area contributed by atoms with Crippen molar-refractivity contribution in [3.05, 3.63) is 50.6 Å². The minimum atomic E-state index is -1.03. The van der Waals surface area contributed by atoms with Crippen LogP contribution in [-0.2, 0) is 13.0 Å². The van der Waals surface area contributed by atoms with Crippen molar-refractivity contribution in [1.29, 1.82) is 0 Å². The van der Waals surface area contributed by atoms with Gasteiger partial charge in [0.15, 0.2) is 5.01 Å². The Morgan fingerprint density at radius 2 is 1.87 bits per heavy atom. The number of H-pyrrole nitrogens is 1. The maximum absolute atomic E-state index is 13.1. The van der Waals surface area contributed by atoms with Crippen LogP contribution >= 0.6 is 35.3 Å². The van der Waals surface area contributed by atoms with Gasteiger partial charge in [-0.1, -0.05) is 24.4 Å². The van der Waals surface area contributed by atoms with Gasteiger partial charge < -0.3 is 26.0 Å². The van der Waals surface area contributed by atoms with E-state index in [1.54, 1.807) is 12.1 Å². The van der Waals surface area contributed by atoms with E-state index in [2.05, 4.69) is 30.8 Å². The van der Waals surface area contributed by atoms with E-state index in [1.165, 1.54) is 11.3 Å². The van der Waals surface area contributed by atoms with Crippen molar-refractivity contribution >= 4 is 64.2 Å². The minimum absolute atomic E-state index is 0. The molecule has 2 aliphatic rings. The smallest absolute Gasteiger partial charge is 0.404 e. The van der Waals surface area contributed by atoms with E-state index >= 15 is 0 Å². The Hall–Kier alpha value is -2.86. The number of nitrogens with zero attached hydrogens (tertiary/aromatic N) is 2. The number of rotatable bonds is 7. The first kappa shape index (κ1) is 28.2. The van der Waals surface area contributed by atoms with Gasteiger partial charge in [-0.05, 0) is 37.1 Å². The molecule has 204 valence electrons. The van der Waals surface area contributed by atoms with Gasteiger partial charge in [0.05, 0.1) is 5.69 Å². The molecule has 0 spiro atoms. The molecule has 1 aliphatic heterocycles. The lowest BCUT2D eigenvalue weighted by Gasteiger charge is -2.32. The third kappa shape index (κ3) is 6.58. The van der Waals surface area contributed by atoms with Crippen molar-refractivity contribution in [3.63, 3.8) is 0 Å². The van der Waals surface area contributed by atoms with Crippen LogP contribution in [0.2, 0.25) is 5.02 Å². The van der Waals surface area contributed by atoms with E-state index in [-0.39, 0.29) is 36.3 Å². The highest BCUT2D eigenvalue weighted by Gasteiger charge is 2.30. The second kappa shape index (κ2) is 12.3. The fraction of sp³-hybridized carbons (Fsp3) is 0.440. The van der Waals surface area contributed by atoms with E-state index in [1.807, 2.05) is 12.1 Å². The largest absolute Gasteiger partial charge is 0.465 e. The molecular formula is C25H30Cl2N6O4S. The summed E-state index contributed by atoms with van der Waals surface area (Å²) in [5, 5.41) is 19.3. The molecule has 1 fully saturated rings. The molecule has 3 aromatic rings. The van der Waals surface area contributed by atoms with Gasteiger partial charge in [-0.25, -0.2) is 9.78 Å². The van der Waals surface area contributed by atoms with Crippen LogP contribution in [0.15, 0.2) is 24.3 Å². The average Bonchev–Trinajstić information content (AvgIpc) is 3.49. The Morgan fingerprint density at radius 3 is 2.61 bits per heavy atom. The molecule has 2 atom stereocenters. The summed E-state index contributed by atoms with van der Waals surface area (Å²) in [7, 11) is 0. The monoisotopic (exact) mass is 580 g/mol. The molecule has 13 heteroatoms. The summed E-state index contributed by atoms with van der Waals surface area (Å²) in [5.74, 6) is -0.425. The maximum atomic E-state index is 13.1. The summed E-state index contributed by atoms with van der Waals surface area (Å²) in [6.07, 6.45) is 3.24. The summed E-state index contributed by atoms with van der Waals surface area (Å²) >= 11 is 7.46. The van der Waals surface area contributed by atoms with Crippen molar-refractivity contribution in [2.75, 3.05) is 19.6 Å². The van der Waals surface area contributed by atoms with E-state index in [0.717, 1.165) is 60.1 Å². The van der Waals surface area contributed by atoms with Gasteiger partial charge in [0.1, 0.15) is 5.69 Å². The normalized spacial score (nSPS) is 19.3. The van der Waals surface area contributed by atoms with Gasteiger partial charge in [0.25, 0.3) is 11.8 Å². The number of hydrogen-bond donors (Lipinski definition) is 5. The van der Waals surface area contributed by atoms with Gasteiger partial charge in [-0.2, -0.15) is 0 Å². The van der Waals surface area contributed by atoms with Crippen molar-refractivity contribution in [1.82, 2.24) is 30.8 Å². The molecule has 1 aromatic carbocycles. The Labute approximate surface area is 234 Å². The summed E-state index contributed by atoms with van der Waals surface area (Å²) in [4.78, 5) is 47.7. The van der Waals surface area contributed by atoms with Gasteiger partial charge in [-0.3, -0.25) is 14.5 Å². The average molecular weight is 582 g/mol. The molecule has 3 heterocycles. The lowest BCUT2D eigenvalue weighted by Crippen LogP contribution is -2.53. The highest BCUT2D eigenvalue weighted by Crippen LogP contribution is 2.26. The van der Waals surface area contributed by atoms with Gasteiger partial charge in [0, 0.05) is 65.5 Å². The van der Waals surface area contributed by atoms with Crippen molar-refractivity contribution in [3.8, 4) is 0 Å². The first-order valence-electron chi connectivity index (χ1n) is 12.4. The van der Waals surface area contributed by atoms with Crippen LogP contribution in [0.5, 0.6) is 0 Å². The first-order chi connectivity index (χ1) is 17.9.